The molecule has 0 bridgehead atoms. The molecule has 2 aromatic carbocycles. The Morgan fingerprint density at radius 2 is 1.02 bits per heavy atom. The van der Waals surface area contributed by atoms with Gasteiger partial charge in [0.25, 0.3) is 5.70 Å². The van der Waals surface area contributed by atoms with E-state index >= 15 is 0 Å². The van der Waals surface area contributed by atoms with Crippen LogP contribution in [-0.2, 0) is 10.8 Å². The van der Waals surface area contributed by atoms with Crippen molar-refractivity contribution in [2.45, 2.75) is 75.0 Å². The van der Waals surface area contributed by atoms with E-state index in [1.54, 1.807) is 34.8 Å². The Bertz CT molecular complexity index is 3150. The van der Waals surface area contributed by atoms with E-state index in [1.165, 1.54) is 64.0 Å². The molecule has 296 valence electrons. The van der Waals surface area contributed by atoms with Crippen molar-refractivity contribution >= 4 is 89.6 Å². The molecule has 2 saturated carbocycles. The molecule has 0 radical (unpaired) electrons. The summed E-state index contributed by atoms with van der Waals surface area (Å²) in [6.07, 6.45) is 15.2. The Balaban J connectivity index is 1.02. The number of rotatable bonds is 2. The normalized spacial score (nSPS) is 20.4. The summed E-state index contributed by atoms with van der Waals surface area (Å²) in [5, 5.41) is 29.9. The number of fused-ring (bicyclic) bond motifs is 15. The minimum atomic E-state index is -0.149. The molecule has 6 aliphatic carbocycles. The Labute approximate surface area is 374 Å². The standard InChI is InChI=1S/C52H32N4O2S4/c1-56-38(26-55)40-31-13-5-7-15-33(31)44(58)35(40)21-29-23-37-46(60-29)48-42(52(37)18-10-3-11-19-52)50-49(62-48)41-47(61-50)45-36(51(41)16-8-2-9-17-51)22-28(59-45)20-34-39(27(24-53)25-54)30-12-4-6-14-32(30)43(34)57/h4-7,12-15,20-23H,2-3,8-11,16-19H2/b34-20-,35-21-,40-38?. The summed E-state index contributed by atoms with van der Waals surface area (Å²) in [5.41, 5.74) is 9.45. The number of carbonyl (C=O) groups excluding carboxylic acids is 2. The number of carbonyl (C=O) groups is 2. The average molecular weight is 873 g/mol. The third kappa shape index (κ3) is 4.84. The van der Waals surface area contributed by atoms with Gasteiger partial charge in [0, 0.05) is 74.9 Å². The van der Waals surface area contributed by atoms with Crippen molar-refractivity contribution in [1.82, 2.24) is 0 Å². The van der Waals surface area contributed by atoms with Gasteiger partial charge in [-0.05, 0) is 72.2 Å². The first kappa shape index (κ1) is 37.5. The summed E-state index contributed by atoms with van der Waals surface area (Å²) in [5.74, 6) is -0.291. The molecule has 2 fully saturated rings. The van der Waals surface area contributed by atoms with Crippen LogP contribution in [0.5, 0.6) is 0 Å². The average Bonchev–Trinajstić information content (AvgIpc) is 4.18. The molecule has 0 unspecified atom stereocenters. The molecule has 2 spiro atoms. The first-order chi connectivity index (χ1) is 30.4. The highest BCUT2D eigenvalue weighted by molar-refractivity contribution is 7.34. The van der Waals surface area contributed by atoms with Gasteiger partial charge in [-0.15, -0.1) is 45.3 Å². The first-order valence-electron chi connectivity index (χ1n) is 21.0. The van der Waals surface area contributed by atoms with Crippen LogP contribution in [0.1, 0.15) is 128 Å². The number of nitriles is 3. The van der Waals surface area contributed by atoms with E-state index in [0.717, 1.165) is 61.1 Å². The van der Waals surface area contributed by atoms with Crippen molar-refractivity contribution in [2.75, 3.05) is 0 Å². The maximum atomic E-state index is 13.9. The second-order valence-corrected chi connectivity index (χ2v) is 21.3. The van der Waals surface area contributed by atoms with Gasteiger partial charge in [0.1, 0.15) is 17.7 Å². The molecule has 6 aliphatic rings. The van der Waals surface area contributed by atoms with Gasteiger partial charge in [0.05, 0.1) is 31.8 Å². The lowest BCUT2D eigenvalue weighted by atomic mass is 9.67. The van der Waals surface area contributed by atoms with E-state index in [1.807, 2.05) is 71.2 Å². The number of thiophene rings is 4. The van der Waals surface area contributed by atoms with Crippen LogP contribution in [0, 0.1) is 40.6 Å². The van der Waals surface area contributed by atoms with E-state index in [4.69, 9.17) is 6.57 Å². The lowest BCUT2D eigenvalue weighted by molar-refractivity contribution is 0.103. The number of hydrogen-bond donors (Lipinski definition) is 0. The van der Waals surface area contributed by atoms with Crippen LogP contribution in [0.3, 0.4) is 0 Å². The number of Topliss-reactive ketones (excluding diaryl/α,β-unsaturated/α-hetero) is 2. The van der Waals surface area contributed by atoms with Crippen molar-refractivity contribution in [3.8, 4) is 37.7 Å². The smallest absolute Gasteiger partial charge is 0.270 e. The molecule has 4 heterocycles. The van der Waals surface area contributed by atoms with Crippen LogP contribution >= 0.6 is 45.3 Å². The summed E-state index contributed by atoms with van der Waals surface area (Å²) in [7, 11) is 0. The van der Waals surface area contributed by atoms with E-state index in [9.17, 15) is 25.4 Å². The van der Waals surface area contributed by atoms with Crippen molar-refractivity contribution < 1.29 is 9.59 Å². The lowest BCUT2D eigenvalue weighted by Gasteiger charge is -2.35. The third-order valence-electron chi connectivity index (χ3n) is 14.3. The Kier molecular flexibility index (Phi) is 8.25. The van der Waals surface area contributed by atoms with Crippen LogP contribution in [-0.4, -0.2) is 11.6 Å². The number of benzene rings is 2. The molecule has 4 aromatic heterocycles. The SMILES string of the molecule is [C-]#[N+]C(C#N)=C1/C(=C/c2cc3c(s2)-c2sc4c5c(sc4c2C32CCCCC2)-c2sc(/C=C3\C(=O)c4ccccc4C3=C(C#N)C#N)cc2C52CCCCC2)C(=O)c2ccccc21. The van der Waals surface area contributed by atoms with Gasteiger partial charge in [0.2, 0.25) is 0 Å². The topological polar surface area (TPSA) is 110 Å². The van der Waals surface area contributed by atoms with Crippen LogP contribution < -0.4 is 0 Å². The second kappa shape index (κ2) is 13.6. The number of ketones is 2. The minimum Gasteiger partial charge on any atom is -0.289 e. The van der Waals surface area contributed by atoms with Crippen LogP contribution in [0.2, 0.25) is 0 Å². The number of allylic oxidation sites excluding steroid dienone is 6. The van der Waals surface area contributed by atoms with Gasteiger partial charge >= 0.3 is 0 Å². The maximum absolute atomic E-state index is 13.9. The zero-order valence-corrected chi connectivity index (χ0v) is 36.5. The maximum Gasteiger partial charge on any atom is 0.270 e. The Morgan fingerprint density at radius 3 is 1.45 bits per heavy atom. The molecule has 10 heteroatoms. The molecule has 6 nitrogen and oxygen atoms in total. The predicted octanol–water partition coefficient (Wildman–Crippen LogP) is 14.1. The zero-order chi connectivity index (χ0) is 42.1. The Morgan fingerprint density at radius 1 is 0.581 bits per heavy atom. The minimum absolute atomic E-state index is 0.0432. The van der Waals surface area contributed by atoms with Crippen LogP contribution in [0.15, 0.2) is 83.1 Å². The largest absolute Gasteiger partial charge is 0.289 e. The highest BCUT2D eigenvalue weighted by atomic mass is 32.1. The fourth-order valence-electron chi connectivity index (χ4n) is 11.7. The third-order valence-corrected chi connectivity index (χ3v) is 19.3. The van der Waals surface area contributed by atoms with Gasteiger partial charge in [-0.3, -0.25) is 9.59 Å². The highest BCUT2D eigenvalue weighted by Gasteiger charge is 2.53. The fourth-order valence-corrected chi connectivity index (χ4v) is 17.7. The number of nitrogens with zero attached hydrogens (tertiary/aromatic N) is 4. The fraction of sp³-hybridized carbons (Fsp3) is 0.231. The van der Waals surface area contributed by atoms with E-state index in [2.05, 4.69) is 35.2 Å². The van der Waals surface area contributed by atoms with Crippen LogP contribution in [0.25, 0.3) is 57.1 Å². The summed E-state index contributed by atoms with van der Waals surface area (Å²) in [6, 6.07) is 25.4. The summed E-state index contributed by atoms with van der Waals surface area (Å²) in [4.78, 5) is 38.7. The summed E-state index contributed by atoms with van der Waals surface area (Å²) >= 11 is 7.41. The van der Waals surface area contributed by atoms with Gasteiger partial charge in [-0.2, -0.15) is 10.5 Å². The summed E-state index contributed by atoms with van der Waals surface area (Å²) in [6.45, 7) is 7.78. The van der Waals surface area contributed by atoms with E-state index < -0.39 is 0 Å². The first-order valence-corrected chi connectivity index (χ1v) is 24.3. The molecule has 0 amide bonds. The zero-order valence-electron chi connectivity index (χ0n) is 33.2. The molecule has 0 N–H and O–H groups in total. The summed E-state index contributed by atoms with van der Waals surface area (Å²) < 4.78 is 2.84. The number of hydrogen-bond acceptors (Lipinski definition) is 9. The molecule has 6 aromatic rings. The molecule has 12 rings (SSSR count). The molecule has 0 saturated heterocycles. The van der Waals surface area contributed by atoms with Crippen LogP contribution in [0.4, 0.5) is 0 Å². The van der Waals surface area contributed by atoms with Crippen molar-refractivity contribution in [1.29, 1.82) is 15.8 Å². The molecular weight excluding hydrogens is 841 g/mol. The van der Waals surface area contributed by atoms with E-state index in [0.29, 0.717) is 44.5 Å². The van der Waals surface area contributed by atoms with E-state index in [-0.39, 0.29) is 33.7 Å². The monoisotopic (exact) mass is 872 g/mol. The van der Waals surface area contributed by atoms with Gasteiger partial charge in [-0.25, -0.2) is 10.1 Å². The molecule has 0 atom stereocenters. The van der Waals surface area contributed by atoms with Crippen molar-refractivity contribution in [3.05, 3.63) is 149 Å². The second-order valence-electron chi connectivity index (χ2n) is 17.1. The van der Waals surface area contributed by atoms with Gasteiger partial charge < -0.3 is 0 Å². The predicted molar refractivity (Wildman–Crippen MR) is 249 cm³/mol. The van der Waals surface area contributed by atoms with Crippen molar-refractivity contribution in [2.24, 2.45) is 0 Å². The quantitative estimate of drug-likeness (QED) is 0.0977. The van der Waals surface area contributed by atoms with Gasteiger partial charge in [-0.1, -0.05) is 87.1 Å². The Hall–Kier alpha value is -6.24. The van der Waals surface area contributed by atoms with Gasteiger partial charge in [0.15, 0.2) is 11.6 Å². The lowest BCUT2D eigenvalue weighted by Crippen LogP contribution is -2.28. The molecular formula is C52H32N4O2S4. The van der Waals surface area contributed by atoms with Crippen molar-refractivity contribution in [3.63, 3.8) is 0 Å². The highest BCUT2D eigenvalue weighted by Crippen LogP contribution is 2.69. The molecule has 0 aliphatic heterocycles. The molecule has 62 heavy (non-hydrogen) atoms.